The molecule has 0 saturated heterocycles. The molecule has 0 amide bonds. The number of hydrogen-bond donors (Lipinski definition) is 1. The molecular weight excluding hydrogens is 329 g/mol. The van der Waals surface area contributed by atoms with Crippen molar-refractivity contribution in [3.05, 3.63) is 72.0 Å². The predicted octanol–water partition coefficient (Wildman–Crippen LogP) is 4.35. The van der Waals surface area contributed by atoms with E-state index in [-0.39, 0.29) is 5.82 Å². The fourth-order valence-corrected chi connectivity index (χ4v) is 2.61. The van der Waals surface area contributed by atoms with E-state index in [1.807, 2.05) is 12.1 Å². The van der Waals surface area contributed by atoms with Crippen LogP contribution in [0.3, 0.4) is 0 Å². The first-order chi connectivity index (χ1) is 11.7. The van der Waals surface area contributed by atoms with Crippen molar-refractivity contribution >= 4 is 34.3 Å². The number of halogens is 2. The van der Waals surface area contributed by atoms with Gasteiger partial charge in [-0.15, -0.1) is 0 Å². The number of benzene rings is 2. The average Bonchev–Trinajstić information content (AvgIpc) is 3.01. The minimum absolute atomic E-state index is 0.291. The number of rotatable bonds is 3. The zero-order chi connectivity index (χ0) is 16.5. The first-order valence-corrected chi connectivity index (χ1v) is 7.55. The van der Waals surface area contributed by atoms with E-state index in [4.69, 9.17) is 11.6 Å². The molecule has 118 valence electrons. The number of anilines is 2. The topological polar surface area (TPSA) is 55.6 Å². The summed E-state index contributed by atoms with van der Waals surface area (Å²) in [7, 11) is 0. The largest absolute Gasteiger partial charge is 0.338 e. The highest BCUT2D eigenvalue weighted by molar-refractivity contribution is 6.30. The van der Waals surface area contributed by atoms with Crippen molar-refractivity contribution in [2.24, 2.45) is 0 Å². The SMILES string of the molecule is Fc1ccc(-n2cnc3c(Nc4cccc(Cl)c4)ncnc32)cc1. The van der Waals surface area contributed by atoms with Crippen LogP contribution in [0.25, 0.3) is 16.9 Å². The van der Waals surface area contributed by atoms with E-state index in [0.29, 0.717) is 22.0 Å². The Morgan fingerprint density at radius 1 is 1.00 bits per heavy atom. The highest BCUT2D eigenvalue weighted by atomic mass is 35.5. The van der Waals surface area contributed by atoms with E-state index in [9.17, 15) is 4.39 Å². The number of aromatic nitrogens is 4. The third-order valence-corrected chi connectivity index (χ3v) is 3.76. The Hall–Kier alpha value is -2.99. The number of nitrogens with one attached hydrogen (secondary N) is 1. The smallest absolute Gasteiger partial charge is 0.170 e. The van der Waals surface area contributed by atoms with Crippen molar-refractivity contribution in [1.82, 2.24) is 19.5 Å². The molecule has 0 spiro atoms. The summed E-state index contributed by atoms with van der Waals surface area (Å²) in [6.07, 6.45) is 3.09. The summed E-state index contributed by atoms with van der Waals surface area (Å²) in [5.41, 5.74) is 2.81. The zero-order valence-electron chi connectivity index (χ0n) is 12.3. The molecule has 0 bridgehead atoms. The zero-order valence-corrected chi connectivity index (χ0v) is 13.1. The molecule has 5 nitrogen and oxygen atoms in total. The highest BCUT2D eigenvalue weighted by Gasteiger charge is 2.11. The molecule has 7 heteroatoms. The van der Waals surface area contributed by atoms with E-state index in [1.54, 1.807) is 35.2 Å². The maximum Gasteiger partial charge on any atom is 0.170 e. The van der Waals surface area contributed by atoms with Gasteiger partial charge in [-0.25, -0.2) is 19.3 Å². The maximum absolute atomic E-state index is 13.1. The number of nitrogens with zero attached hydrogens (tertiary/aromatic N) is 4. The molecule has 4 aromatic rings. The lowest BCUT2D eigenvalue weighted by molar-refractivity contribution is 0.627. The van der Waals surface area contributed by atoms with Gasteiger partial charge < -0.3 is 5.32 Å². The molecule has 0 aliphatic heterocycles. The summed E-state index contributed by atoms with van der Waals surface area (Å²) in [5.74, 6) is 0.282. The lowest BCUT2D eigenvalue weighted by Crippen LogP contribution is -1.98. The van der Waals surface area contributed by atoms with Gasteiger partial charge in [0.05, 0.1) is 0 Å². The molecule has 0 unspecified atom stereocenters. The Labute approximate surface area is 141 Å². The Bertz CT molecular complexity index is 1010. The Morgan fingerprint density at radius 2 is 1.83 bits per heavy atom. The van der Waals surface area contributed by atoms with Crippen LogP contribution < -0.4 is 5.32 Å². The average molecular weight is 340 g/mol. The minimum atomic E-state index is -0.291. The molecule has 2 aromatic carbocycles. The molecule has 0 atom stereocenters. The fourth-order valence-electron chi connectivity index (χ4n) is 2.42. The number of fused-ring (bicyclic) bond motifs is 1. The van der Waals surface area contributed by atoms with Crippen LogP contribution in [0.2, 0.25) is 5.02 Å². The van der Waals surface area contributed by atoms with Gasteiger partial charge in [0.25, 0.3) is 0 Å². The van der Waals surface area contributed by atoms with Crippen LogP contribution in [0.4, 0.5) is 15.9 Å². The van der Waals surface area contributed by atoms with E-state index < -0.39 is 0 Å². The quantitative estimate of drug-likeness (QED) is 0.603. The monoisotopic (exact) mass is 339 g/mol. The molecule has 0 aliphatic carbocycles. The number of hydrogen-bond acceptors (Lipinski definition) is 4. The first-order valence-electron chi connectivity index (χ1n) is 7.17. The summed E-state index contributed by atoms with van der Waals surface area (Å²) in [6, 6.07) is 13.5. The summed E-state index contributed by atoms with van der Waals surface area (Å²) in [6.45, 7) is 0. The van der Waals surface area contributed by atoms with Crippen LogP contribution in [-0.4, -0.2) is 19.5 Å². The summed E-state index contributed by atoms with van der Waals surface area (Å²) in [5, 5.41) is 3.82. The number of imidazole rings is 1. The predicted molar refractivity (Wildman–Crippen MR) is 91.4 cm³/mol. The highest BCUT2D eigenvalue weighted by Crippen LogP contribution is 2.25. The summed E-state index contributed by atoms with van der Waals surface area (Å²) in [4.78, 5) is 12.9. The molecule has 0 radical (unpaired) electrons. The van der Waals surface area contributed by atoms with Crippen LogP contribution in [0.15, 0.2) is 61.2 Å². The van der Waals surface area contributed by atoms with Gasteiger partial charge in [-0.05, 0) is 42.5 Å². The van der Waals surface area contributed by atoms with E-state index >= 15 is 0 Å². The molecule has 24 heavy (non-hydrogen) atoms. The minimum Gasteiger partial charge on any atom is -0.338 e. The van der Waals surface area contributed by atoms with Crippen molar-refractivity contribution in [2.75, 3.05) is 5.32 Å². The van der Waals surface area contributed by atoms with Gasteiger partial charge in [0, 0.05) is 16.4 Å². The standard InChI is InChI=1S/C17H11ClFN5/c18-11-2-1-3-13(8-11)23-16-15-17(21-9-20-16)24(10-22-15)14-6-4-12(19)5-7-14/h1-10H,(H,20,21,23). The van der Waals surface area contributed by atoms with Crippen LogP contribution in [0.5, 0.6) is 0 Å². The van der Waals surface area contributed by atoms with Gasteiger partial charge >= 0.3 is 0 Å². The van der Waals surface area contributed by atoms with Gasteiger partial charge in [0.15, 0.2) is 17.0 Å². The van der Waals surface area contributed by atoms with Gasteiger partial charge in [-0.2, -0.15) is 0 Å². The van der Waals surface area contributed by atoms with Crippen molar-refractivity contribution in [3.63, 3.8) is 0 Å². The molecule has 2 heterocycles. The van der Waals surface area contributed by atoms with Crippen LogP contribution in [-0.2, 0) is 0 Å². The van der Waals surface area contributed by atoms with E-state index in [1.165, 1.54) is 18.5 Å². The van der Waals surface area contributed by atoms with Crippen molar-refractivity contribution in [3.8, 4) is 5.69 Å². The molecule has 0 aliphatic rings. The van der Waals surface area contributed by atoms with Crippen LogP contribution in [0.1, 0.15) is 0 Å². The van der Waals surface area contributed by atoms with Gasteiger partial charge in [-0.3, -0.25) is 4.57 Å². The van der Waals surface area contributed by atoms with E-state index in [0.717, 1.165) is 11.4 Å². The second-order valence-electron chi connectivity index (χ2n) is 5.12. The fraction of sp³-hybridized carbons (Fsp3) is 0. The second kappa shape index (κ2) is 5.90. The molecule has 0 saturated carbocycles. The van der Waals surface area contributed by atoms with Crippen molar-refractivity contribution in [2.45, 2.75) is 0 Å². The third-order valence-electron chi connectivity index (χ3n) is 3.53. The summed E-state index contributed by atoms with van der Waals surface area (Å²) < 4.78 is 14.9. The summed E-state index contributed by atoms with van der Waals surface area (Å²) >= 11 is 6.00. The Kier molecular flexibility index (Phi) is 3.59. The van der Waals surface area contributed by atoms with Crippen molar-refractivity contribution < 1.29 is 4.39 Å². The van der Waals surface area contributed by atoms with Gasteiger partial charge in [-0.1, -0.05) is 17.7 Å². The third kappa shape index (κ3) is 2.68. The van der Waals surface area contributed by atoms with Crippen molar-refractivity contribution in [1.29, 1.82) is 0 Å². The molecule has 0 fully saturated rings. The molecular formula is C17H11ClFN5. The molecule has 1 N–H and O–H groups in total. The molecule has 2 aromatic heterocycles. The maximum atomic E-state index is 13.1. The Balaban J connectivity index is 1.77. The normalized spacial score (nSPS) is 10.9. The second-order valence-corrected chi connectivity index (χ2v) is 5.56. The molecule has 4 rings (SSSR count). The van der Waals surface area contributed by atoms with E-state index in [2.05, 4.69) is 20.3 Å². The lowest BCUT2D eigenvalue weighted by atomic mass is 10.3. The van der Waals surface area contributed by atoms with Gasteiger partial charge in [0.1, 0.15) is 18.5 Å². The Morgan fingerprint density at radius 3 is 2.62 bits per heavy atom. The van der Waals surface area contributed by atoms with Crippen LogP contribution in [0, 0.1) is 5.82 Å². The van der Waals surface area contributed by atoms with Gasteiger partial charge in [0.2, 0.25) is 0 Å². The lowest BCUT2D eigenvalue weighted by Gasteiger charge is -2.07. The van der Waals surface area contributed by atoms with Crippen LogP contribution >= 0.6 is 11.6 Å². The first kappa shape index (κ1) is 14.6.